The minimum atomic E-state index is -0.238. The molecular weight excluding hydrogens is 352 g/mol. The number of hydrogen-bond donors (Lipinski definition) is 1. The molecular formula is C21H20N6O. The van der Waals surface area contributed by atoms with Gasteiger partial charge in [-0.05, 0) is 31.5 Å². The minimum Gasteiger partial charge on any atom is -0.350 e. The summed E-state index contributed by atoms with van der Waals surface area (Å²) in [5.41, 5.74) is 1.84. The van der Waals surface area contributed by atoms with Crippen LogP contribution in [-0.4, -0.2) is 43.9 Å². The molecule has 2 atom stereocenters. The van der Waals surface area contributed by atoms with Crippen LogP contribution in [0.5, 0.6) is 0 Å². The van der Waals surface area contributed by atoms with Gasteiger partial charge in [-0.25, -0.2) is 15.0 Å². The quantitative estimate of drug-likeness (QED) is 0.598. The first-order valence-electron chi connectivity index (χ1n) is 9.42. The number of amides is 1. The van der Waals surface area contributed by atoms with Crippen LogP contribution in [0.3, 0.4) is 0 Å². The molecule has 5 rings (SSSR count). The third-order valence-corrected chi connectivity index (χ3v) is 5.47. The lowest BCUT2D eigenvalue weighted by atomic mass is 10.1. The van der Waals surface area contributed by atoms with Crippen molar-refractivity contribution < 1.29 is 4.79 Å². The zero-order valence-corrected chi connectivity index (χ0v) is 15.5. The van der Waals surface area contributed by atoms with Crippen LogP contribution in [-0.2, 0) is 0 Å². The second kappa shape index (κ2) is 6.60. The van der Waals surface area contributed by atoms with Gasteiger partial charge >= 0.3 is 0 Å². The summed E-state index contributed by atoms with van der Waals surface area (Å²) in [6, 6.07) is 11.9. The number of benzene rings is 1. The smallest absolute Gasteiger partial charge is 0.289 e. The Bertz CT molecular complexity index is 1170. The zero-order chi connectivity index (χ0) is 19.1. The Labute approximate surface area is 162 Å². The molecule has 4 heterocycles. The van der Waals surface area contributed by atoms with Gasteiger partial charge in [-0.2, -0.15) is 0 Å². The molecule has 140 valence electrons. The standard InChI is InChI=1S/C21H20N6O/c1-14-16(8-11-27(14)20-18-7-4-10-26(18)12-9-22-20)25-21(28)19-23-13-15-5-2-3-6-17(15)24-19/h2-7,9-10,12-14,16H,8,11H2,1H3,(H,25,28)/t14?,16-/m0/s1. The summed E-state index contributed by atoms with van der Waals surface area (Å²) >= 11 is 0. The highest BCUT2D eigenvalue weighted by atomic mass is 16.2. The van der Waals surface area contributed by atoms with Crippen LogP contribution < -0.4 is 10.2 Å². The summed E-state index contributed by atoms with van der Waals surface area (Å²) in [7, 11) is 0. The normalized spacial score (nSPS) is 19.4. The van der Waals surface area contributed by atoms with Gasteiger partial charge < -0.3 is 14.6 Å². The molecule has 0 radical (unpaired) electrons. The van der Waals surface area contributed by atoms with Crippen molar-refractivity contribution in [3.8, 4) is 0 Å². The van der Waals surface area contributed by atoms with Crippen molar-refractivity contribution >= 4 is 28.1 Å². The predicted octanol–water partition coefficient (Wildman–Crippen LogP) is 2.67. The maximum Gasteiger partial charge on any atom is 0.289 e. The van der Waals surface area contributed by atoms with Gasteiger partial charge in [-0.3, -0.25) is 4.79 Å². The number of nitrogens with zero attached hydrogens (tertiary/aromatic N) is 5. The fourth-order valence-corrected chi connectivity index (χ4v) is 3.92. The molecule has 28 heavy (non-hydrogen) atoms. The lowest BCUT2D eigenvalue weighted by Gasteiger charge is -2.26. The van der Waals surface area contributed by atoms with Crippen molar-refractivity contribution in [3.63, 3.8) is 0 Å². The van der Waals surface area contributed by atoms with Crippen LogP contribution in [0.4, 0.5) is 5.82 Å². The average molecular weight is 372 g/mol. The van der Waals surface area contributed by atoms with E-state index in [2.05, 4.69) is 42.6 Å². The number of rotatable bonds is 3. The van der Waals surface area contributed by atoms with Gasteiger partial charge in [0.05, 0.1) is 17.1 Å². The zero-order valence-electron chi connectivity index (χ0n) is 15.5. The van der Waals surface area contributed by atoms with Gasteiger partial charge in [0, 0.05) is 42.8 Å². The molecule has 1 fully saturated rings. The molecule has 3 aromatic heterocycles. The van der Waals surface area contributed by atoms with Gasteiger partial charge in [-0.1, -0.05) is 18.2 Å². The summed E-state index contributed by atoms with van der Waals surface area (Å²) in [4.78, 5) is 28.2. The van der Waals surface area contributed by atoms with E-state index in [1.165, 1.54) is 0 Å². The van der Waals surface area contributed by atoms with Crippen molar-refractivity contribution in [2.75, 3.05) is 11.4 Å². The lowest BCUT2D eigenvalue weighted by molar-refractivity contribution is 0.0925. The second-order valence-electron chi connectivity index (χ2n) is 7.11. The van der Waals surface area contributed by atoms with E-state index < -0.39 is 0 Å². The molecule has 0 saturated carbocycles. The predicted molar refractivity (Wildman–Crippen MR) is 107 cm³/mol. The molecule has 1 N–H and O–H groups in total. The first-order chi connectivity index (χ1) is 13.7. The highest BCUT2D eigenvalue weighted by Gasteiger charge is 2.34. The highest BCUT2D eigenvalue weighted by Crippen LogP contribution is 2.27. The second-order valence-corrected chi connectivity index (χ2v) is 7.11. The molecule has 1 amide bonds. The topological polar surface area (TPSA) is 75.4 Å². The number of nitrogens with one attached hydrogen (secondary N) is 1. The molecule has 1 aromatic carbocycles. The van der Waals surface area contributed by atoms with E-state index in [4.69, 9.17) is 0 Å². The molecule has 1 saturated heterocycles. The van der Waals surface area contributed by atoms with Gasteiger partial charge in [0.15, 0.2) is 5.82 Å². The number of carbonyl (C=O) groups is 1. The van der Waals surface area contributed by atoms with Crippen LogP contribution in [0.15, 0.2) is 61.2 Å². The van der Waals surface area contributed by atoms with E-state index in [1.807, 2.05) is 48.9 Å². The van der Waals surface area contributed by atoms with Crippen LogP contribution in [0.25, 0.3) is 16.4 Å². The van der Waals surface area contributed by atoms with Crippen molar-refractivity contribution in [3.05, 3.63) is 67.0 Å². The van der Waals surface area contributed by atoms with Gasteiger partial charge in [0.2, 0.25) is 5.82 Å². The average Bonchev–Trinajstić information content (AvgIpc) is 3.34. The van der Waals surface area contributed by atoms with E-state index in [-0.39, 0.29) is 23.8 Å². The van der Waals surface area contributed by atoms with Crippen LogP contribution in [0, 0.1) is 0 Å². The lowest BCUT2D eigenvalue weighted by Crippen LogP contribution is -2.44. The number of anilines is 1. The number of hydrogen-bond acceptors (Lipinski definition) is 5. The molecule has 7 nitrogen and oxygen atoms in total. The Kier molecular flexibility index (Phi) is 3.93. The Balaban J connectivity index is 1.36. The minimum absolute atomic E-state index is 0.0135. The molecule has 1 aliphatic rings. The SMILES string of the molecule is CC1[C@@H](NC(=O)c2ncc3ccccc3n2)CCN1c1nccn2cccc12. The number of para-hydroxylation sites is 1. The number of fused-ring (bicyclic) bond motifs is 2. The molecule has 0 bridgehead atoms. The summed E-state index contributed by atoms with van der Waals surface area (Å²) in [6.07, 6.45) is 8.31. The fourth-order valence-electron chi connectivity index (χ4n) is 3.92. The molecule has 1 aliphatic heterocycles. The van der Waals surface area contributed by atoms with E-state index >= 15 is 0 Å². The molecule has 0 spiro atoms. The summed E-state index contributed by atoms with van der Waals surface area (Å²) in [5.74, 6) is 0.910. The van der Waals surface area contributed by atoms with Crippen molar-refractivity contribution in [2.24, 2.45) is 0 Å². The Morgan fingerprint density at radius 2 is 2.04 bits per heavy atom. The third kappa shape index (κ3) is 2.76. The van der Waals surface area contributed by atoms with E-state index in [1.54, 1.807) is 6.20 Å². The van der Waals surface area contributed by atoms with Crippen LogP contribution in [0.1, 0.15) is 24.0 Å². The van der Waals surface area contributed by atoms with Gasteiger partial charge in [0.1, 0.15) is 0 Å². The van der Waals surface area contributed by atoms with E-state index in [0.29, 0.717) is 0 Å². The Morgan fingerprint density at radius 3 is 2.96 bits per heavy atom. The van der Waals surface area contributed by atoms with Crippen molar-refractivity contribution in [1.29, 1.82) is 0 Å². The van der Waals surface area contributed by atoms with E-state index in [9.17, 15) is 4.79 Å². The third-order valence-electron chi connectivity index (χ3n) is 5.47. The summed E-state index contributed by atoms with van der Waals surface area (Å²) in [6.45, 7) is 2.95. The Hall–Kier alpha value is -3.48. The number of aromatic nitrogens is 4. The fraction of sp³-hybridized carbons (Fsp3) is 0.238. The molecule has 0 aliphatic carbocycles. The van der Waals surface area contributed by atoms with E-state index in [0.717, 1.165) is 35.2 Å². The monoisotopic (exact) mass is 372 g/mol. The highest BCUT2D eigenvalue weighted by molar-refractivity contribution is 5.93. The largest absolute Gasteiger partial charge is 0.350 e. The summed E-state index contributed by atoms with van der Waals surface area (Å²) in [5, 5.41) is 4.03. The number of carbonyl (C=O) groups excluding carboxylic acids is 1. The first-order valence-corrected chi connectivity index (χ1v) is 9.42. The molecule has 1 unspecified atom stereocenters. The van der Waals surface area contributed by atoms with Crippen LogP contribution in [0.2, 0.25) is 0 Å². The van der Waals surface area contributed by atoms with Crippen molar-refractivity contribution in [1.82, 2.24) is 24.7 Å². The van der Waals surface area contributed by atoms with Crippen molar-refractivity contribution in [2.45, 2.75) is 25.4 Å². The Morgan fingerprint density at radius 1 is 1.14 bits per heavy atom. The molecule has 7 heteroatoms. The molecule has 4 aromatic rings. The maximum atomic E-state index is 12.7. The van der Waals surface area contributed by atoms with Crippen LogP contribution >= 0.6 is 0 Å². The maximum absolute atomic E-state index is 12.7. The summed E-state index contributed by atoms with van der Waals surface area (Å²) < 4.78 is 2.06. The van der Waals surface area contributed by atoms with Gasteiger partial charge in [0.25, 0.3) is 5.91 Å². The van der Waals surface area contributed by atoms with Gasteiger partial charge in [-0.15, -0.1) is 0 Å². The first kappa shape index (κ1) is 16.7.